The maximum Gasteiger partial charge on any atom is 0.253 e. The highest BCUT2D eigenvalue weighted by Gasteiger charge is 2.28. The van der Waals surface area contributed by atoms with Gasteiger partial charge in [0.05, 0.1) is 7.11 Å². The Bertz CT molecular complexity index is 591. The second-order valence-corrected chi connectivity index (χ2v) is 6.10. The molecule has 1 amide bonds. The van der Waals surface area contributed by atoms with Crippen LogP contribution in [0.4, 0.5) is 0 Å². The third-order valence-corrected chi connectivity index (χ3v) is 4.61. The fourth-order valence-electron chi connectivity index (χ4n) is 3.27. The summed E-state index contributed by atoms with van der Waals surface area (Å²) in [6.45, 7) is 2.40. The van der Waals surface area contributed by atoms with Gasteiger partial charge < -0.3 is 14.4 Å². The molecule has 1 aromatic carbocycles. The summed E-state index contributed by atoms with van der Waals surface area (Å²) in [5.74, 6) is 4.05. The van der Waals surface area contributed by atoms with Crippen LogP contribution in [0, 0.1) is 18.3 Å². The zero-order valence-electron chi connectivity index (χ0n) is 14.2. The summed E-state index contributed by atoms with van der Waals surface area (Å²) in [4.78, 5) is 14.7. The third kappa shape index (κ3) is 3.98. The topological polar surface area (TPSA) is 38.8 Å². The molecular formula is C19H25NO3. The molecule has 0 bridgehead atoms. The molecule has 0 aromatic heterocycles. The number of benzene rings is 1. The van der Waals surface area contributed by atoms with E-state index >= 15 is 0 Å². The second-order valence-electron chi connectivity index (χ2n) is 6.10. The molecule has 23 heavy (non-hydrogen) atoms. The van der Waals surface area contributed by atoms with Crippen molar-refractivity contribution >= 4 is 5.91 Å². The number of nitrogens with zero attached hydrogens (tertiary/aromatic N) is 1. The van der Waals surface area contributed by atoms with Gasteiger partial charge in [-0.1, -0.05) is 25.7 Å². The minimum absolute atomic E-state index is 0.0190. The second kappa shape index (κ2) is 7.92. The molecule has 1 aliphatic rings. The minimum atomic E-state index is 0.0190. The summed E-state index contributed by atoms with van der Waals surface area (Å²) in [7, 11) is 3.45. The van der Waals surface area contributed by atoms with Gasteiger partial charge in [0.25, 0.3) is 5.91 Å². The predicted octanol–water partition coefficient (Wildman–Crippen LogP) is 3.36. The Hall–Kier alpha value is -2.15. The predicted molar refractivity (Wildman–Crippen MR) is 90.8 cm³/mol. The monoisotopic (exact) mass is 315 g/mol. The highest BCUT2D eigenvalue weighted by molar-refractivity contribution is 5.95. The molecule has 2 unspecified atom stereocenters. The first-order valence-corrected chi connectivity index (χ1v) is 8.10. The SMILES string of the molecule is C#CCOc1ccc(C(=O)N(C)C2CCCCC2C)cc1OC. The van der Waals surface area contributed by atoms with Crippen LogP contribution in [-0.2, 0) is 0 Å². The summed E-state index contributed by atoms with van der Waals surface area (Å²) in [6, 6.07) is 5.53. The van der Waals surface area contributed by atoms with Crippen LogP contribution >= 0.6 is 0 Å². The van der Waals surface area contributed by atoms with Crippen LogP contribution in [0.3, 0.4) is 0 Å². The van der Waals surface area contributed by atoms with Crippen molar-refractivity contribution in [1.82, 2.24) is 4.90 Å². The molecule has 0 radical (unpaired) electrons. The van der Waals surface area contributed by atoms with Crippen LogP contribution in [0.15, 0.2) is 18.2 Å². The van der Waals surface area contributed by atoms with Gasteiger partial charge in [-0.3, -0.25) is 4.79 Å². The zero-order valence-corrected chi connectivity index (χ0v) is 14.2. The highest BCUT2D eigenvalue weighted by Crippen LogP contribution is 2.31. The number of ether oxygens (including phenoxy) is 2. The van der Waals surface area contributed by atoms with E-state index in [0.717, 1.165) is 6.42 Å². The number of hydrogen-bond acceptors (Lipinski definition) is 3. The first-order valence-electron chi connectivity index (χ1n) is 8.10. The van der Waals surface area contributed by atoms with Gasteiger partial charge in [-0.25, -0.2) is 0 Å². The first kappa shape index (κ1) is 17.2. The Labute approximate surface area is 138 Å². The molecule has 0 N–H and O–H groups in total. The van der Waals surface area contributed by atoms with Gasteiger partial charge in [-0.05, 0) is 37.0 Å². The van der Waals surface area contributed by atoms with E-state index in [1.165, 1.54) is 19.3 Å². The quantitative estimate of drug-likeness (QED) is 0.782. The lowest BCUT2D eigenvalue weighted by Crippen LogP contribution is -2.42. The summed E-state index contributed by atoms with van der Waals surface area (Å²) >= 11 is 0. The molecule has 1 aromatic rings. The number of amides is 1. The van der Waals surface area contributed by atoms with E-state index in [4.69, 9.17) is 15.9 Å². The van der Waals surface area contributed by atoms with Crippen molar-refractivity contribution in [3.05, 3.63) is 23.8 Å². The van der Waals surface area contributed by atoms with Gasteiger partial charge in [-0.15, -0.1) is 6.42 Å². The molecule has 1 aliphatic carbocycles. The maximum atomic E-state index is 12.8. The molecule has 1 fully saturated rings. The molecule has 0 aliphatic heterocycles. The zero-order chi connectivity index (χ0) is 16.8. The van der Waals surface area contributed by atoms with Crippen molar-refractivity contribution in [2.75, 3.05) is 20.8 Å². The average molecular weight is 315 g/mol. The number of methoxy groups -OCH3 is 1. The number of rotatable bonds is 5. The van der Waals surface area contributed by atoms with E-state index in [2.05, 4.69) is 12.8 Å². The molecule has 0 saturated heterocycles. The fraction of sp³-hybridized carbons (Fsp3) is 0.526. The first-order chi connectivity index (χ1) is 11.1. The lowest BCUT2D eigenvalue weighted by atomic mass is 9.85. The van der Waals surface area contributed by atoms with Gasteiger partial charge in [0.2, 0.25) is 0 Å². The Balaban J connectivity index is 2.16. The van der Waals surface area contributed by atoms with Gasteiger partial charge in [0, 0.05) is 18.7 Å². The summed E-state index contributed by atoms with van der Waals surface area (Å²) in [5, 5.41) is 0. The molecule has 2 rings (SSSR count). The number of hydrogen-bond donors (Lipinski definition) is 0. The largest absolute Gasteiger partial charge is 0.493 e. The number of carbonyl (C=O) groups is 1. The lowest BCUT2D eigenvalue weighted by Gasteiger charge is -2.36. The Morgan fingerprint density at radius 3 is 2.74 bits per heavy atom. The Morgan fingerprint density at radius 2 is 2.09 bits per heavy atom. The van der Waals surface area contributed by atoms with Gasteiger partial charge >= 0.3 is 0 Å². The van der Waals surface area contributed by atoms with Crippen molar-refractivity contribution in [2.45, 2.75) is 38.6 Å². The molecule has 2 atom stereocenters. The van der Waals surface area contributed by atoms with Gasteiger partial charge in [0.15, 0.2) is 11.5 Å². The van der Waals surface area contributed by atoms with Crippen LogP contribution in [0.25, 0.3) is 0 Å². The van der Waals surface area contributed by atoms with Crippen LogP contribution in [0.2, 0.25) is 0 Å². The molecule has 124 valence electrons. The van der Waals surface area contributed by atoms with Crippen LogP contribution in [0.5, 0.6) is 11.5 Å². The lowest BCUT2D eigenvalue weighted by molar-refractivity contribution is 0.0628. The minimum Gasteiger partial charge on any atom is -0.493 e. The van der Waals surface area contributed by atoms with E-state index in [1.54, 1.807) is 25.3 Å². The standard InChI is InChI=1S/C19H25NO3/c1-5-12-23-17-11-10-15(13-18(17)22-4)19(21)20(3)16-9-7-6-8-14(16)2/h1,10-11,13-14,16H,6-9,12H2,2-4H3. The third-order valence-electron chi connectivity index (χ3n) is 4.61. The van der Waals surface area contributed by atoms with Gasteiger partial charge in [0.1, 0.15) is 6.61 Å². The summed E-state index contributed by atoms with van der Waals surface area (Å²) in [5.41, 5.74) is 0.607. The fourth-order valence-corrected chi connectivity index (χ4v) is 3.27. The van der Waals surface area contributed by atoms with E-state index in [0.29, 0.717) is 29.0 Å². The van der Waals surface area contributed by atoms with E-state index in [9.17, 15) is 4.79 Å². The molecular weight excluding hydrogens is 290 g/mol. The van der Waals surface area contributed by atoms with E-state index < -0.39 is 0 Å². The normalized spacial score (nSPS) is 20.4. The van der Waals surface area contributed by atoms with E-state index in [1.807, 2.05) is 11.9 Å². The molecule has 4 heteroatoms. The summed E-state index contributed by atoms with van der Waals surface area (Å²) < 4.78 is 10.7. The number of terminal acetylenes is 1. The van der Waals surface area contributed by atoms with Crippen LogP contribution in [0.1, 0.15) is 43.0 Å². The highest BCUT2D eigenvalue weighted by atomic mass is 16.5. The summed E-state index contributed by atoms with van der Waals surface area (Å²) in [6.07, 6.45) is 9.91. The molecule has 0 spiro atoms. The van der Waals surface area contributed by atoms with Crippen LogP contribution in [-0.4, -0.2) is 37.6 Å². The van der Waals surface area contributed by atoms with Crippen molar-refractivity contribution in [1.29, 1.82) is 0 Å². The van der Waals surface area contributed by atoms with E-state index in [-0.39, 0.29) is 12.5 Å². The number of carbonyl (C=O) groups excluding carboxylic acids is 1. The van der Waals surface area contributed by atoms with Crippen molar-refractivity contribution in [2.24, 2.45) is 5.92 Å². The Morgan fingerprint density at radius 1 is 1.35 bits per heavy atom. The maximum absolute atomic E-state index is 12.8. The smallest absolute Gasteiger partial charge is 0.253 e. The average Bonchev–Trinajstić information content (AvgIpc) is 2.59. The van der Waals surface area contributed by atoms with Crippen molar-refractivity contribution in [3.8, 4) is 23.8 Å². The Kier molecular flexibility index (Phi) is 5.92. The molecule has 4 nitrogen and oxygen atoms in total. The van der Waals surface area contributed by atoms with Crippen LogP contribution < -0.4 is 9.47 Å². The molecule has 0 heterocycles. The molecule has 1 saturated carbocycles. The van der Waals surface area contributed by atoms with Gasteiger partial charge in [-0.2, -0.15) is 0 Å². The van der Waals surface area contributed by atoms with Crippen molar-refractivity contribution < 1.29 is 14.3 Å². The van der Waals surface area contributed by atoms with Crippen molar-refractivity contribution in [3.63, 3.8) is 0 Å².